The van der Waals surface area contributed by atoms with Crippen LogP contribution in [0.15, 0.2) is 65.6 Å². The van der Waals surface area contributed by atoms with E-state index in [4.69, 9.17) is 11.6 Å². The maximum atomic E-state index is 14.0. The van der Waals surface area contributed by atoms with Crippen LogP contribution in [-0.2, 0) is 14.6 Å². The van der Waals surface area contributed by atoms with Crippen LogP contribution in [0.5, 0.6) is 0 Å². The predicted octanol–water partition coefficient (Wildman–Crippen LogP) is 5.29. The van der Waals surface area contributed by atoms with Gasteiger partial charge < -0.3 is 9.79 Å². The average Bonchev–Trinajstić information content (AvgIpc) is 2.75. The van der Waals surface area contributed by atoms with Crippen LogP contribution in [-0.4, -0.2) is 28.4 Å². The van der Waals surface area contributed by atoms with Crippen LogP contribution in [0.3, 0.4) is 0 Å². The molecule has 176 valence electrons. The molecule has 0 spiro atoms. The molecule has 0 saturated carbocycles. The van der Waals surface area contributed by atoms with Gasteiger partial charge in [0.1, 0.15) is 0 Å². The molecule has 0 amide bonds. The monoisotopic (exact) mass is 512 g/mol. The number of rotatable bonds is 8. The Morgan fingerprint density at radius 1 is 1.06 bits per heavy atom. The Bertz CT molecular complexity index is 1360. The normalized spacial score (nSPS) is 12.6. The van der Waals surface area contributed by atoms with Crippen molar-refractivity contribution < 1.29 is 27.7 Å². The first-order chi connectivity index (χ1) is 15.4. The molecule has 12 heteroatoms. The zero-order chi connectivity index (χ0) is 24.6. The van der Waals surface area contributed by atoms with Gasteiger partial charge >= 0.3 is 7.60 Å². The summed E-state index contributed by atoms with van der Waals surface area (Å²) in [7, 11) is -9.82. The largest absolute Gasteiger partial charge is 0.351 e. The second-order valence-electron chi connectivity index (χ2n) is 7.40. The van der Waals surface area contributed by atoms with E-state index < -0.39 is 38.4 Å². The maximum absolute atomic E-state index is 14.0. The lowest BCUT2D eigenvalue weighted by Crippen LogP contribution is -2.51. The van der Waals surface area contributed by atoms with Crippen molar-refractivity contribution in [1.82, 2.24) is 0 Å². The summed E-state index contributed by atoms with van der Waals surface area (Å²) in [4.78, 5) is 30.8. The van der Waals surface area contributed by atoms with Gasteiger partial charge in [0.25, 0.3) is 15.7 Å². The van der Waals surface area contributed by atoms with Gasteiger partial charge in [-0.2, -0.15) is 0 Å². The quantitative estimate of drug-likeness (QED) is 0.237. The highest BCUT2D eigenvalue weighted by molar-refractivity contribution is 7.93. The Hall–Kier alpha value is -2.49. The van der Waals surface area contributed by atoms with Crippen molar-refractivity contribution in [3.8, 4) is 0 Å². The van der Waals surface area contributed by atoms with Crippen LogP contribution in [0.2, 0.25) is 5.02 Å². The van der Waals surface area contributed by atoms with Crippen molar-refractivity contribution in [2.24, 2.45) is 0 Å². The molecule has 0 aliphatic carbocycles. The summed E-state index contributed by atoms with van der Waals surface area (Å²) in [6.07, 6.45) is -0.447. The number of nitrogens with zero attached hydrogens (tertiary/aromatic N) is 2. The fourth-order valence-electron chi connectivity index (χ4n) is 3.94. The van der Waals surface area contributed by atoms with Gasteiger partial charge in [-0.1, -0.05) is 61.8 Å². The molecule has 3 aromatic carbocycles. The highest BCUT2D eigenvalue weighted by Gasteiger charge is 2.54. The fraction of sp³-hybridized carbons (Fsp3) is 0.238. The Morgan fingerprint density at radius 2 is 1.67 bits per heavy atom. The molecule has 0 bridgehead atoms. The van der Waals surface area contributed by atoms with Gasteiger partial charge in [-0.25, -0.2) is 12.7 Å². The molecule has 0 heterocycles. The number of fused-ring (bicyclic) bond motifs is 1. The molecule has 0 atom stereocenters. The highest BCUT2D eigenvalue weighted by Crippen LogP contribution is 2.59. The van der Waals surface area contributed by atoms with Crippen molar-refractivity contribution >= 4 is 51.4 Å². The molecular formula is C21H22ClN2O7PS. The molecule has 0 unspecified atom stereocenters. The molecule has 2 N–H and O–H groups in total. The number of halogens is 1. The number of nitro benzene ring substituents is 1. The molecular weight excluding hydrogens is 491 g/mol. The minimum absolute atomic E-state index is 0.0442. The van der Waals surface area contributed by atoms with Gasteiger partial charge in [0.15, 0.2) is 5.28 Å². The molecule has 33 heavy (non-hydrogen) atoms. The summed E-state index contributed by atoms with van der Waals surface area (Å²) in [6, 6.07) is 14.4. The lowest BCUT2D eigenvalue weighted by molar-refractivity contribution is -0.385. The molecule has 9 nitrogen and oxygen atoms in total. The van der Waals surface area contributed by atoms with E-state index in [1.54, 1.807) is 36.4 Å². The van der Waals surface area contributed by atoms with Crippen molar-refractivity contribution in [3.63, 3.8) is 0 Å². The number of anilines is 1. The lowest BCUT2D eigenvalue weighted by Gasteiger charge is -2.43. The lowest BCUT2D eigenvalue weighted by atomic mass is 10.1. The fourth-order valence-corrected chi connectivity index (χ4v) is 7.92. The Balaban J connectivity index is 2.47. The van der Waals surface area contributed by atoms with E-state index in [2.05, 4.69) is 0 Å². The first kappa shape index (κ1) is 25.1. The Kier molecular flexibility index (Phi) is 6.89. The van der Waals surface area contributed by atoms with Crippen molar-refractivity contribution in [3.05, 3.63) is 75.8 Å². The third-order valence-corrected chi connectivity index (χ3v) is 9.77. The van der Waals surface area contributed by atoms with Gasteiger partial charge in [-0.05, 0) is 30.4 Å². The summed E-state index contributed by atoms with van der Waals surface area (Å²) in [5.41, 5.74) is -0.517. The number of hydrogen-bond acceptors (Lipinski definition) is 5. The van der Waals surface area contributed by atoms with Crippen LogP contribution in [0.1, 0.15) is 26.7 Å². The van der Waals surface area contributed by atoms with Crippen molar-refractivity contribution in [1.29, 1.82) is 0 Å². The van der Waals surface area contributed by atoms with Gasteiger partial charge in [0.2, 0.25) is 0 Å². The summed E-state index contributed by atoms with van der Waals surface area (Å²) < 4.78 is 41.6. The van der Waals surface area contributed by atoms with Crippen LogP contribution in [0.4, 0.5) is 11.4 Å². The minimum Gasteiger partial charge on any atom is -0.323 e. The standard InChI is InChI=1S/C21H22ClN2O7PS/c1-3-21(4-2,32(27,28)29)23(20-11-7-9-15-8-5-6-10-19(15)20)33(30,31)18-13-16(22)12-17(14-18)24(25)26/h5-14H,3-4H2,1-2H3,(H2,27,28,29). The number of benzene rings is 3. The van der Waals surface area contributed by atoms with E-state index in [1.165, 1.54) is 19.9 Å². The minimum atomic E-state index is -5.09. The van der Waals surface area contributed by atoms with Gasteiger partial charge in [0, 0.05) is 22.5 Å². The molecule has 0 radical (unpaired) electrons. The molecule has 0 aromatic heterocycles. The maximum Gasteiger partial charge on any atom is 0.351 e. The van der Waals surface area contributed by atoms with Crippen LogP contribution < -0.4 is 4.31 Å². The average molecular weight is 513 g/mol. The van der Waals surface area contributed by atoms with E-state index in [0.29, 0.717) is 10.8 Å². The topological polar surface area (TPSA) is 138 Å². The second kappa shape index (κ2) is 9.04. The predicted molar refractivity (Wildman–Crippen MR) is 127 cm³/mol. The van der Waals surface area contributed by atoms with E-state index in [-0.39, 0.29) is 23.6 Å². The summed E-state index contributed by atoms with van der Waals surface area (Å²) in [5.74, 6) is 0. The first-order valence-electron chi connectivity index (χ1n) is 9.93. The smallest absolute Gasteiger partial charge is 0.323 e. The second-order valence-corrected chi connectivity index (χ2v) is 11.5. The van der Waals surface area contributed by atoms with Crippen LogP contribution in [0.25, 0.3) is 10.8 Å². The molecule has 0 fully saturated rings. The number of hydrogen-bond donors (Lipinski definition) is 2. The third kappa shape index (κ3) is 4.37. The molecule has 0 aliphatic rings. The highest BCUT2D eigenvalue weighted by atomic mass is 35.5. The van der Waals surface area contributed by atoms with Gasteiger partial charge in [-0.3, -0.25) is 14.7 Å². The molecule has 0 aliphatic heterocycles. The summed E-state index contributed by atoms with van der Waals surface area (Å²) in [6.45, 7) is 2.97. The van der Waals surface area contributed by atoms with Crippen molar-refractivity contribution in [2.75, 3.05) is 4.31 Å². The Morgan fingerprint density at radius 3 is 2.24 bits per heavy atom. The van der Waals surface area contributed by atoms with E-state index >= 15 is 0 Å². The zero-order valence-electron chi connectivity index (χ0n) is 17.8. The molecule has 0 saturated heterocycles. The van der Waals surface area contributed by atoms with Crippen LogP contribution >= 0.6 is 19.2 Å². The number of non-ortho nitro benzene ring substituents is 1. The van der Waals surface area contributed by atoms with E-state index in [0.717, 1.165) is 22.5 Å². The number of nitro groups is 1. The zero-order valence-corrected chi connectivity index (χ0v) is 20.2. The van der Waals surface area contributed by atoms with Gasteiger partial charge in [-0.15, -0.1) is 0 Å². The van der Waals surface area contributed by atoms with Gasteiger partial charge in [0.05, 0.1) is 15.5 Å². The first-order valence-corrected chi connectivity index (χ1v) is 13.4. The Labute approximate surface area is 196 Å². The summed E-state index contributed by atoms with van der Waals surface area (Å²) >= 11 is 5.98. The SMILES string of the molecule is CCC(CC)(N(c1cccc2ccccc12)S(=O)(=O)c1cc(Cl)cc([N+](=O)[O-])c1)P(=O)(O)O. The van der Waals surface area contributed by atoms with Crippen molar-refractivity contribution in [2.45, 2.75) is 36.9 Å². The number of sulfonamides is 1. The van der Waals surface area contributed by atoms with E-state index in [1.807, 2.05) is 0 Å². The summed E-state index contributed by atoms with van der Waals surface area (Å²) in [5, 5.41) is 10.1. The molecule has 3 rings (SSSR count). The molecule has 3 aromatic rings. The van der Waals surface area contributed by atoms with E-state index in [9.17, 15) is 32.9 Å². The third-order valence-electron chi connectivity index (χ3n) is 5.64. The van der Waals surface area contributed by atoms with Crippen LogP contribution in [0, 0.1) is 10.1 Å².